The minimum Gasteiger partial charge on any atom is -0.313 e. The van der Waals surface area contributed by atoms with Crippen molar-refractivity contribution in [3.8, 4) is 0 Å². The van der Waals surface area contributed by atoms with Crippen LogP contribution in [0.5, 0.6) is 0 Å². The van der Waals surface area contributed by atoms with Gasteiger partial charge in [-0.2, -0.15) is 0 Å². The summed E-state index contributed by atoms with van der Waals surface area (Å²) in [6.07, 6.45) is 1.54. The van der Waals surface area contributed by atoms with Gasteiger partial charge in [0, 0.05) is 24.7 Å². The molecule has 2 aromatic rings. The lowest BCUT2D eigenvalue weighted by molar-refractivity contribution is -0.119. The van der Waals surface area contributed by atoms with E-state index in [1.54, 1.807) is 0 Å². The van der Waals surface area contributed by atoms with E-state index in [2.05, 4.69) is 29.6 Å². The molecule has 3 heteroatoms. The standard InChI is InChI=1S/C19H22N2O/c1-2-21(16-9-4-3-5-10-16)19(22)14-18-17-11-7-6-8-15(17)12-13-20-18/h3-11,18,20H,2,12-14H2,1H3. The van der Waals surface area contributed by atoms with Gasteiger partial charge in [0.2, 0.25) is 5.91 Å². The third-order valence-electron chi connectivity index (χ3n) is 4.28. The molecule has 1 atom stereocenters. The second-order valence-electron chi connectivity index (χ2n) is 5.63. The van der Waals surface area contributed by atoms with Crippen LogP contribution >= 0.6 is 0 Å². The lowest BCUT2D eigenvalue weighted by Crippen LogP contribution is -2.37. The first-order valence-electron chi connectivity index (χ1n) is 7.96. The predicted octanol–water partition coefficient (Wildman–Crippen LogP) is 3.32. The van der Waals surface area contributed by atoms with Gasteiger partial charge < -0.3 is 10.2 Å². The van der Waals surface area contributed by atoms with Crippen LogP contribution in [0.4, 0.5) is 5.69 Å². The number of para-hydroxylation sites is 1. The van der Waals surface area contributed by atoms with Crippen LogP contribution in [-0.4, -0.2) is 19.0 Å². The van der Waals surface area contributed by atoms with Gasteiger partial charge in [-0.25, -0.2) is 0 Å². The second kappa shape index (κ2) is 6.75. The molecule has 1 N–H and O–H groups in total. The molecular weight excluding hydrogens is 272 g/mol. The van der Waals surface area contributed by atoms with Gasteiger partial charge in [0.1, 0.15) is 0 Å². The largest absolute Gasteiger partial charge is 0.313 e. The summed E-state index contributed by atoms with van der Waals surface area (Å²) in [6.45, 7) is 3.65. The fourth-order valence-corrected chi connectivity index (χ4v) is 3.17. The number of carbonyl (C=O) groups excluding carboxylic acids is 1. The zero-order valence-corrected chi connectivity index (χ0v) is 13.0. The van der Waals surface area contributed by atoms with Crippen molar-refractivity contribution in [3.63, 3.8) is 0 Å². The summed E-state index contributed by atoms with van der Waals surface area (Å²) in [7, 11) is 0. The minimum atomic E-state index is 0.121. The molecular formula is C19H22N2O. The lowest BCUT2D eigenvalue weighted by atomic mass is 9.92. The highest BCUT2D eigenvalue weighted by atomic mass is 16.2. The van der Waals surface area contributed by atoms with Gasteiger partial charge in [0.05, 0.1) is 0 Å². The van der Waals surface area contributed by atoms with Crippen LogP contribution in [-0.2, 0) is 11.2 Å². The molecule has 1 aliphatic heterocycles. The summed E-state index contributed by atoms with van der Waals surface area (Å²) < 4.78 is 0. The number of benzene rings is 2. The number of nitrogens with zero attached hydrogens (tertiary/aromatic N) is 1. The second-order valence-corrected chi connectivity index (χ2v) is 5.63. The summed E-state index contributed by atoms with van der Waals surface area (Å²) in [6, 6.07) is 18.5. The Hall–Kier alpha value is -2.13. The van der Waals surface area contributed by atoms with E-state index in [9.17, 15) is 4.79 Å². The Bertz CT molecular complexity index is 639. The van der Waals surface area contributed by atoms with Crippen molar-refractivity contribution in [1.82, 2.24) is 5.32 Å². The summed E-state index contributed by atoms with van der Waals surface area (Å²) in [5.41, 5.74) is 3.60. The Morgan fingerprint density at radius 2 is 1.86 bits per heavy atom. The fourth-order valence-electron chi connectivity index (χ4n) is 3.17. The number of hydrogen-bond donors (Lipinski definition) is 1. The Morgan fingerprint density at radius 3 is 2.64 bits per heavy atom. The number of rotatable bonds is 4. The third-order valence-corrected chi connectivity index (χ3v) is 4.28. The smallest absolute Gasteiger partial charge is 0.228 e. The fraction of sp³-hybridized carbons (Fsp3) is 0.316. The zero-order chi connectivity index (χ0) is 15.4. The molecule has 3 rings (SSSR count). The van der Waals surface area contributed by atoms with Crippen LogP contribution in [0.2, 0.25) is 0 Å². The number of amides is 1. The van der Waals surface area contributed by atoms with Crippen LogP contribution in [0.3, 0.4) is 0 Å². The minimum absolute atomic E-state index is 0.121. The van der Waals surface area contributed by atoms with Gasteiger partial charge in [0.15, 0.2) is 0 Å². The van der Waals surface area contributed by atoms with Crippen molar-refractivity contribution in [2.24, 2.45) is 0 Å². The number of hydrogen-bond acceptors (Lipinski definition) is 2. The van der Waals surface area contributed by atoms with Gasteiger partial charge in [-0.05, 0) is 43.1 Å². The molecule has 22 heavy (non-hydrogen) atoms. The van der Waals surface area contributed by atoms with Gasteiger partial charge in [-0.1, -0.05) is 42.5 Å². The van der Waals surface area contributed by atoms with E-state index >= 15 is 0 Å². The number of fused-ring (bicyclic) bond motifs is 1. The lowest BCUT2D eigenvalue weighted by Gasteiger charge is -2.29. The van der Waals surface area contributed by atoms with Gasteiger partial charge in [-0.3, -0.25) is 4.79 Å². The first-order chi connectivity index (χ1) is 10.8. The van der Waals surface area contributed by atoms with Crippen molar-refractivity contribution >= 4 is 11.6 Å². The van der Waals surface area contributed by atoms with E-state index in [0.29, 0.717) is 13.0 Å². The summed E-state index contributed by atoms with van der Waals surface area (Å²) >= 11 is 0. The normalized spacial score (nSPS) is 16.9. The van der Waals surface area contributed by atoms with Crippen molar-refractivity contribution in [2.45, 2.75) is 25.8 Å². The maximum atomic E-state index is 12.7. The van der Waals surface area contributed by atoms with Crippen LogP contribution in [0.25, 0.3) is 0 Å². The summed E-state index contributed by atoms with van der Waals surface area (Å²) in [5.74, 6) is 0.169. The molecule has 0 aliphatic carbocycles. The highest BCUT2D eigenvalue weighted by Crippen LogP contribution is 2.26. The zero-order valence-electron chi connectivity index (χ0n) is 13.0. The molecule has 0 spiro atoms. The molecule has 2 aromatic carbocycles. The van der Waals surface area contributed by atoms with Crippen molar-refractivity contribution in [1.29, 1.82) is 0 Å². The molecule has 1 aliphatic rings. The van der Waals surface area contributed by atoms with Crippen LogP contribution in [0.15, 0.2) is 54.6 Å². The first kappa shape index (κ1) is 14.8. The van der Waals surface area contributed by atoms with Crippen molar-refractivity contribution in [3.05, 3.63) is 65.7 Å². The quantitative estimate of drug-likeness (QED) is 0.938. The molecule has 0 bridgehead atoms. The van der Waals surface area contributed by atoms with E-state index in [4.69, 9.17) is 0 Å². The molecule has 0 saturated heterocycles. The first-order valence-corrected chi connectivity index (χ1v) is 7.96. The van der Waals surface area contributed by atoms with Crippen LogP contribution in [0.1, 0.15) is 30.5 Å². The molecule has 1 unspecified atom stereocenters. The molecule has 114 valence electrons. The summed E-state index contributed by atoms with van der Waals surface area (Å²) in [5, 5.41) is 3.49. The molecule has 1 heterocycles. The van der Waals surface area contributed by atoms with Crippen LogP contribution in [0, 0.1) is 0 Å². The molecule has 0 radical (unpaired) electrons. The van der Waals surface area contributed by atoms with E-state index in [1.165, 1.54) is 11.1 Å². The predicted molar refractivity (Wildman–Crippen MR) is 90.0 cm³/mol. The SMILES string of the molecule is CCN(C(=O)CC1NCCc2ccccc21)c1ccccc1. The maximum Gasteiger partial charge on any atom is 0.228 e. The maximum absolute atomic E-state index is 12.7. The highest BCUT2D eigenvalue weighted by molar-refractivity contribution is 5.93. The van der Waals surface area contributed by atoms with E-state index < -0.39 is 0 Å². The molecule has 0 aromatic heterocycles. The monoisotopic (exact) mass is 294 g/mol. The van der Waals surface area contributed by atoms with E-state index in [0.717, 1.165) is 18.7 Å². The number of nitrogens with one attached hydrogen (secondary N) is 1. The Kier molecular flexibility index (Phi) is 4.54. The Balaban J connectivity index is 1.77. The average molecular weight is 294 g/mol. The van der Waals surface area contributed by atoms with Crippen molar-refractivity contribution < 1.29 is 4.79 Å². The number of anilines is 1. The van der Waals surface area contributed by atoms with Gasteiger partial charge in [0.25, 0.3) is 0 Å². The van der Waals surface area contributed by atoms with Gasteiger partial charge in [-0.15, -0.1) is 0 Å². The average Bonchev–Trinajstić information content (AvgIpc) is 2.57. The third kappa shape index (κ3) is 3.04. The molecule has 0 saturated carbocycles. The Labute approximate surface area is 132 Å². The molecule has 1 amide bonds. The van der Waals surface area contributed by atoms with E-state index in [-0.39, 0.29) is 11.9 Å². The summed E-state index contributed by atoms with van der Waals surface area (Å²) in [4.78, 5) is 14.6. The molecule has 0 fully saturated rings. The number of carbonyl (C=O) groups is 1. The van der Waals surface area contributed by atoms with Crippen LogP contribution < -0.4 is 10.2 Å². The topological polar surface area (TPSA) is 32.3 Å². The Morgan fingerprint density at radius 1 is 1.14 bits per heavy atom. The molecule has 3 nitrogen and oxygen atoms in total. The van der Waals surface area contributed by atoms with Crippen molar-refractivity contribution in [2.75, 3.05) is 18.0 Å². The van der Waals surface area contributed by atoms with Gasteiger partial charge >= 0.3 is 0 Å². The van der Waals surface area contributed by atoms with E-state index in [1.807, 2.05) is 42.2 Å². The highest BCUT2D eigenvalue weighted by Gasteiger charge is 2.24.